The minimum absolute atomic E-state index is 0.0194. The van der Waals surface area contributed by atoms with E-state index in [1.165, 1.54) is 0 Å². The molecule has 2 fully saturated rings. The van der Waals surface area contributed by atoms with Gasteiger partial charge in [0.05, 0.1) is 12.2 Å². The Hall–Kier alpha value is -0.380. The van der Waals surface area contributed by atoms with Crippen molar-refractivity contribution in [3.05, 3.63) is 12.2 Å². The largest absolute Gasteiger partial charge is 0.396 e. The van der Waals surface area contributed by atoms with Crippen LogP contribution in [0.15, 0.2) is 12.2 Å². The Morgan fingerprint density at radius 3 is 2.67 bits per heavy atom. The smallest absolute Gasteiger partial charge is 0.0643 e. The normalized spacial score (nSPS) is 46.6. The van der Waals surface area contributed by atoms with Gasteiger partial charge in [0.2, 0.25) is 0 Å². The Morgan fingerprint density at radius 2 is 2.06 bits per heavy atom. The molecule has 1 unspecified atom stereocenters. The minimum Gasteiger partial charge on any atom is -0.396 e. The molecule has 3 heteroatoms. The molecule has 3 N–H and O–H groups in total. The average Bonchev–Trinajstić information content (AvgIpc) is 2.33. The SMILES string of the molecule is C=C1CC[C@@H](O)[C@]2(C)CC[C@@H](C(C)CO)[C@H](O)[C@@H]12. The molecule has 0 aliphatic heterocycles. The molecule has 0 aromatic carbocycles. The highest BCUT2D eigenvalue weighted by Crippen LogP contribution is 2.54. The fourth-order valence-electron chi connectivity index (χ4n) is 4.09. The second-order valence-electron chi connectivity index (χ2n) is 6.55. The van der Waals surface area contributed by atoms with Crippen LogP contribution in [0.5, 0.6) is 0 Å². The van der Waals surface area contributed by atoms with Crippen LogP contribution >= 0.6 is 0 Å². The van der Waals surface area contributed by atoms with Crippen molar-refractivity contribution >= 4 is 0 Å². The molecular formula is C15H26O3. The number of rotatable bonds is 2. The third-order valence-electron chi connectivity index (χ3n) is 5.47. The van der Waals surface area contributed by atoms with E-state index in [4.69, 9.17) is 0 Å². The lowest BCUT2D eigenvalue weighted by Gasteiger charge is -2.54. The van der Waals surface area contributed by atoms with Crippen LogP contribution in [-0.4, -0.2) is 34.1 Å². The topological polar surface area (TPSA) is 60.7 Å². The first-order valence-electron chi connectivity index (χ1n) is 7.06. The van der Waals surface area contributed by atoms with Crippen molar-refractivity contribution in [3.8, 4) is 0 Å². The van der Waals surface area contributed by atoms with E-state index in [-0.39, 0.29) is 35.9 Å². The van der Waals surface area contributed by atoms with Crippen LogP contribution in [-0.2, 0) is 0 Å². The highest BCUT2D eigenvalue weighted by atomic mass is 16.3. The van der Waals surface area contributed by atoms with Gasteiger partial charge >= 0.3 is 0 Å². The zero-order chi connectivity index (χ0) is 13.5. The maximum Gasteiger partial charge on any atom is 0.0643 e. The summed E-state index contributed by atoms with van der Waals surface area (Å²) in [6.45, 7) is 8.29. The van der Waals surface area contributed by atoms with Crippen LogP contribution in [0.25, 0.3) is 0 Å². The van der Waals surface area contributed by atoms with Gasteiger partial charge in [0.15, 0.2) is 0 Å². The van der Waals surface area contributed by atoms with Gasteiger partial charge in [-0.1, -0.05) is 26.0 Å². The number of fused-ring (bicyclic) bond motifs is 1. The Bertz CT molecular complexity index is 328. The molecule has 6 atom stereocenters. The third-order valence-corrected chi connectivity index (χ3v) is 5.47. The molecule has 0 bridgehead atoms. The second kappa shape index (κ2) is 4.95. The summed E-state index contributed by atoms with van der Waals surface area (Å²) in [6.07, 6.45) is 2.53. The van der Waals surface area contributed by atoms with E-state index in [0.29, 0.717) is 0 Å². The summed E-state index contributed by atoms with van der Waals surface area (Å²) in [5.74, 6) is 0.209. The standard InChI is InChI=1S/C15H26O3/c1-9-4-5-12(17)15(3)7-6-11(10(2)8-16)14(18)13(9)15/h10-14,16-18H,1,4-8H2,2-3H3/t10?,11-,12+,13+,14-,15-/m0/s1. The van der Waals surface area contributed by atoms with Gasteiger partial charge in [-0.2, -0.15) is 0 Å². The van der Waals surface area contributed by atoms with E-state index in [1.54, 1.807) is 0 Å². The Morgan fingerprint density at radius 1 is 1.39 bits per heavy atom. The Kier molecular flexibility index (Phi) is 3.86. The van der Waals surface area contributed by atoms with Crippen molar-refractivity contribution in [2.75, 3.05) is 6.61 Å². The fraction of sp³-hybridized carbons (Fsp3) is 0.867. The zero-order valence-corrected chi connectivity index (χ0v) is 11.5. The van der Waals surface area contributed by atoms with E-state index in [1.807, 2.05) is 6.92 Å². The zero-order valence-electron chi connectivity index (χ0n) is 11.5. The molecule has 2 aliphatic carbocycles. The first kappa shape index (κ1) is 14.0. The van der Waals surface area contributed by atoms with Gasteiger partial charge < -0.3 is 15.3 Å². The van der Waals surface area contributed by atoms with Gasteiger partial charge in [-0.05, 0) is 37.5 Å². The number of aliphatic hydroxyl groups is 3. The molecule has 104 valence electrons. The average molecular weight is 254 g/mol. The number of hydrogen-bond donors (Lipinski definition) is 3. The molecule has 0 spiro atoms. The van der Waals surface area contributed by atoms with Gasteiger partial charge in [0.25, 0.3) is 0 Å². The van der Waals surface area contributed by atoms with Gasteiger partial charge in [0.1, 0.15) is 0 Å². The molecule has 18 heavy (non-hydrogen) atoms. The molecule has 2 rings (SSSR count). The second-order valence-corrected chi connectivity index (χ2v) is 6.55. The summed E-state index contributed by atoms with van der Waals surface area (Å²) in [7, 11) is 0. The van der Waals surface area contributed by atoms with Crippen LogP contribution in [0, 0.1) is 23.2 Å². The van der Waals surface area contributed by atoms with E-state index in [0.717, 1.165) is 31.3 Å². The van der Waals surface area contributed by atoms with E-state index in [2.05, 4.69) is 13.5 Å². The van der Waals surface area contributed by atoms with Crippen LogP contribution in [0.2, 0.25) is 0 Å². The van der Waals surface area contributed by atoms with Crippen molar-refractivity contribution in [1.82, 2.24) is 0 Å². The van der Waals surface area contributed by atoms with Crippen molar-refractivity contribution < 1.29 is 15.3 Å². The quantitative estimate of drug-likeness (QED) is 0.658. The van der Waals surface area contributed by atoms with E-state index in [9.17, 15) is 15.3 Å². The highest BCUT2D eigenvalue weighted by molar-refractivity contribution is 5.18. The van der Waals surface area contributed by atoms with Crippen LogP contribution in [0.3, 0.4) is 0 Å². The lowest BCUT2D eigenvalue weighted by molar-refractivity contribution is -0.125. The highest BCUT2D eigenvalue weighted by Gasteiger charge is 2.53. The molecule has 0 aromatic rings. The number of aliphatic hydroxyl groups excluding tert-OH is 3. The van der Waals surface area contributed by atoms with Crippen molar-refractivity contribution in [3.63, 3.8) is 0 Å². The summed E-state index contributed by atoms with van der Waals surface area (Å²) in [5.41, 5.74) is 0.839. The Balaban J connectivity index is 2.26. The molecule has 0 amide bonds. The Labute approximate surface area is 110 Å². The first-order chi connectivity index (χ1) is 8.41. The van der Waals surface area contributed by atoms with Crippen LogP contribution < -0.4 is 0 Å². The van der Waals surface area contributed by atoms with Crippen molar-refractivity contribution in [2.45, 2.75) is 51.7 Å². The first-order valence-corrected chi connectivity index (χ1v) is 7.06. The molecule has 2 saturated carbocycles. The van der Waals surface area contributed by atoms with Crippen LogP contribution in [0.1, 0.15) is 39.5 Å². The maximum absolute atomic E-state index is 10.6. The predicted molar refractivity (Wildman–Crippen MR) is 71.0 cm³/mol. The molecule has 2 aliphatic rings. The minimum atomic E-state index is -0.478. The fourth-order valence-corrected chi connectivity index (χ4v) is 4.09. The summed E-state index contributed by atoms with van der Waals surface area (Å²) >= 11 is 0. The molecule has 0 radical (unpaired) electrons. The molecule has 0 aromatic heterocycles. The van der Waals surface area contributed by atoms with Gasteiger partial charge in [-0.3, -0.25) is 0 Å². The maximum atomic E-state index is 10.6. The summed E-state index contributed by atoms with van der Waals surface area (Å²) in [6, 6.07) is 0. The molecule has 3 nitrogen and oxygen atoms in total. The predicted octanol–water partition coefficient (Wildman–Crippen LogP) is 1.72. The van der Waals surface area contributed by atoms with Gasteiger partial charge in [0, 0.05) is 17.9 Å². The summed E-state index contributed by atoms with van der Waals surface area (Å²) < 4.78 is 0. The summed E-state index contributed by atoms with van der Waals surface area (Å²) in [4.78, 5) is 0. The summed E-state index contributed by atoms with van der Waals surface area (Å²) in [5, 5.41) is 30.2. The van der Waals surface area contributed by atoms with E-state index < -0.39 is 6.10 Å². The molecular weight excluding hydrogens is 228 g/mol. The van der Waals surface area contributed by atoms with E-state index >= 15 is 0 Å². The van der Waals surface area contributed by atoms with Crippen molar-refractivity contribution in [2.24, 2.45) is 23.2 Å². The monoisotopic (exact) mass is 254 g/mol. The molecule has 0 saturated heterocycles. The van der Waals surface area contributed by atoms with Crippen molar-refractivity contribution in [1.29, 1.82) is 0 Å². The number of hydrogen-bond acceptors (Lipinski definition) is 3. The van der Waals surface area contributed by atoms with Gasteiger partial charge in [-0.15, -0.1) is 0 Å². The molecule has 0 heterocycles. The third kappa shape index (κ3) is 2.02. The van der Waals surface area contributed by atoms with Crippen LogP contribution in [0.4, 0.5) is 0 Å². The van der Waals surface area contributed by atoms with Gasteiger partial charge in [-0.25, -0.2) is 0 Å². The lowest BCUT2D eigenvalue weighted by Crippen LogP contribution is -2.55. The lowest BCUT2D eigenvalue weighted by atomic mass is 9.53.